The van der Waals surface area contributed by atoms with Crippen LogP contribution < -0.4 is 0 Å². The van der Waals surface area contributed by atoms with E-state index in [4.69, 9.17) is 19.7 Å². The lowest BCUT2D eigenvalue weighted by atomic mass is 10.1. The van der Waals surface area contributed by atoms with Gasteiger partial charge in [-0.3, -0.25) is 9.59 Å². The summed E-state index contributed by atoms with van der Waals surface area (Å²) in [5, 5.41) is 25.9. The van der Waals surface area contributed by atoms with Gasteiger partial charge in [-0.2, -0.15) is 0 Å². The van der Waals surface area contributed by atoms with E-state index in [9.17, 15) is 9.59 Å². The minimum absolute atomic E-state index is 0.230. The van der Waals surface area contributed by atoms with Gasteiger partial charge >= 0.3 is 11.9 Å². The summed E-state index contributed by atoms with van der Waals surface area (Å²) in [5.74, 6) is -3.84. The summed E-state index contributed by atoms with van der Waals surface area (Å²) in [6.07, 6.45) is -0.231. The summed E-state index contributed by atoms with van der Waals surface area (Å²) in [4.78, 5) is 21.1. The van der Waals surface area contributed by atoms with Gasteiger partial charge in [0.1, 0.15) is 18.1 Å². The molecule has 0 aliphatic rings. The molecule has 0 bridgehead atoms. The van der Waals surface area contributed by atoms with Crippen molar-refractivity contribution in [1.82, 2.24) is 0 Å². The minimum atomic E-state index is -1.53. The molecule has 1 rings (SSSR count). The van der Waals surface area contributed by atoms with E-state index in [0.29, 0.717) is 0 Å². The lowest BCUT2D eigenvalue weighted by molar-refractivity contribution is -0.154. The van der Waals surface area contributed by atoms with Crippen molar-refractivity contribution in [3.05, 3.63) is 23.7 Å². The smallest absolute Gasteiger partial charge is 0.318 e. The van der Waals surface area contributed by atoms with Gasteiger partial charge in [0.2, 0.25) is 0 Å². The highest BCUT2D eigenvalue weighted by atomic mass is 16.4. The molecule has 82 valence electrons. The van der Waals surface area contributed by atoms with Crippen LogP contribution in [-0.4, -0.2) is 27.3 Å². The van der Waals surface area contributed by atoms with Crippen molar-refractivity contribution in [3.8, 4) is 0 Å². The van der Waals surface area contributed by atoms with Crippen LogP contribution in [0.2, 0.25) is 0 Å². The van der Waals surface area contributed by atoms with Crippen LogP contribution >= 0.6 is 0 Å². The van der Waals surface area contributed by atoms with E-state index >= 15 is 0 Å². The van der Waals surface area contributed by atoms with Crippen molar-refractivity contribution in [2.45, 2.75) is 13.0 Å². The topological polar surface area (TPSA) is 108 Å². The van der Waals surface area contributed by atoms with E-state index in [2.05, 4.69) is 0 Å². The molecule has 0 atom stereocenters. The summed E-state index contributed by atoms with van der Waals surface area (Å²) in [6.45, 7) is -0.301. The van der Waals surface area contributed by atoms with Crippen LogP contribution in [0.3, 0.4) is 0 Å². The maximum absolute atomic E-state index is 10.5. The molecular weight excluding hydrogens is 204 g/mol. The molecular formula is C9H10O6. The number of carboxylic acids is 2. The number of hydrogen-bond acceptors (Lipinski definition) is 4. The zero-order valence-corrected chi connectivity index (χ0v) is 7.71. The van der Waals surface area contributed by atoms with Crippen LogP contribution in [0, 0.1) is 5.92 Å². The Balaban J connectivity index is 2.74. The zero-order valence-electron chi connectivity index (χ0n) is 7.71. The third kappa shape index (κ3) is 2.81. The van der Waals surface area contributed by atoms with Crippen LogP contribution in [-0.2, 0) is 22.6 Å². The Morgan fingerprint density at radius 3 is 2.13 bits per heavy atom. The largest absolute Gasteiger partial charge is 0.481 e. The number of rotatable bonds is 5. The molecule has 0 radical (unpaired) electrons. The lowest BCUT2D eigenvalue weighted by Gasteiger charge is -2.04. The first kappa shape index (κ1) is 11.3. The van der Waals surface area contributed by atoms with E-state index in [-0.39, 0.29) is 24.5 Å². The molecule has 0 saturated carbocycles. The van der Waals surface area contributed by atoms with Crippen LogP contribution in [0.1, 0.15) is 11.5 Å². The highest BCUT2D eigenvalue weighted by Gasteiger charge is 2.27. The Morgan fingerprint density at radius 2 is 1.73 bits per heavy atom. The van der Waals surface area contributed by atoms with Gasteiger partial charge in [0.05, 0.1) is 0 Å². The van der Waals surface area contributed by atoms with Crippen molar-refractivity contribution in [2.75, 3.05) is 0 Å². The van der Waals surface area contributed by atoms with Gasteiger partial charge in [0.25, 0.3) is 0 Å². The minimum Gasteiger partial charge on any atom is -0.481 e. The Bertz CT molecular complexity index is 352. The molecule has 3 N–H and O–H groups in total. The summed E-state index contributed by atoms with van der Waals surface area (Å²) >= 11 is 0. The molecule has 0 amide bonds. The number of furan rings is 1. The first-order chi connectivity index (χ1) is 7.04. The average Bonchev–Trinajstić information content (AvgIpc) is 2.60. The van der Waals surface area contributed by atoms with Gasteiger partial charge in [0.15, 0.2) is 5.92 Å². The molecule has 0 saturated heterocycles. The molecule has 0 spiro atoms. The fraction of sp³-hybridized carbons (Fsp3) is 0.333. The number of carboxylic acid groups (broad SMARTS) is 2. The van der Waals surface area contributed by atoms with E-state index in [0.717, 1.165) is 0 Å². The summed E-state index contributed by atoms with van der Waals surface area (Å²) in [6, 6.07) is 2.92. The van der Waals surface area contributed by atoms with Crippen molar-refractivity contribution in [2.24, 2.45) is 5.92 Å². The number of aliphatic hydroxyl groups is 1. The summed E-state index contributed by atoms with van der Waals surface area (Å²) < 4.78 is 4.99. The number of aliphatic hydroxyl groups excluding tert-OH is 1. The van der Waals surface area contributed by atoms with E-state index in [1.165, 1.54) is 12.1 Å². The second kappa shape index (κ2) is 4.61. The third-order valence-corrected chi connectivity index (χ3v) is 1.87. The first-order valence-corrected chi connectivity index (χ1v) is 4.18. The molecule has 1 heterocycles. The van der Waals surface area contributed by atoms with Crippen LogP contribution in [0.15, 0.2) is 16.5 Å². The first-order valence-electron chi connectivity index (χ1n) is 4.18. The van der Waals surface area contributed by atoms with Crippen molar-refractivity contribution in [1.29, 1.82) is 0 Å². The summed E-state index contributed by atoms with van der Waals surface area (Å²) in [5.41, 5.74) is 0. The standard InChI is InChI=1S/C9H10O6/c10-4-6-2-1-5(15-6)3-7(8(11)12)9(13)14/h1-2,7,10H,3-4H2,(H,11,12)(H,13,14). The molecule has 6 heteroatoms. The van der Waals surface area contributed by atoms with Gasteiger partial charge in [-0.25, -0.2) is 0 Å². The summed E-state index contributed by atoms with van der Waals surface area (Å²) in [7, 11) is 0. The molecule has 6 nitrogen and oxygen atoms in total. The van der Waals surface area contributed by atoms with Crippen LogP contribution in [0.5, 0.6) is 0 Å². The maximum Gasteiger partial charge on any atom is 0.318 e. The SMILES string of the molecule is O=C(O)C(Cc1ccc(CO)o1)C(=O)O. The molecule has 1 aromatic heterocycles. The normalized spacial score (nSPS) is 10.5. The molecule has 0 unspecified atom stereocenters. The lowest BCUT2D eigenvalue weighted by Crippen LogP contribution is -2.25. The third-order valence-electron chi connectivity index (χ3n) is 1.87. The fourth-order valence-electron chi connectivity index (χ4n) is 1.10. The second-order valence-corrected chi connectivity index (χ2v) is 2.96. The number of carbonyl (C=O) groups is 2. The molecule has 0 aromatic carbocycles. The average molecular weight is 214 g/mol. The van der Waals surface area contributed by atoms with Gasteiger partial charge in [-0.15, -0.1) is 0 Å². The Morgan fingerprint density at radius 1 is 1.20 bits per heavy atom. The monoisotopic (exact) mass is 214 g/mol. The Labute approximate surface area is 84.8 Å². The molecule has 0 aliphatic carbocycles. The van der Waals surface area contributed by atoms with E-state index in [1.807, 2.05) is 0 Å². The Kier molecular flexibility index (Phi) is 3.46. The van der Waals surface area contributed by atoms with E-state index < -0.39 is 17.9 Å². The van der Waals surface area contributed by atoms with Gasteiger partial charge < -0.3 is 19.7 Å². The molecule has 1 aromatic rings. The van der Waals surface area contributed by atoms with Crippen molar-refractivity contribution < 1.29 is 29.3 Å². The zero-order chi connectivity index (χ0) is 11.4. The number of hydrogen-bond donors (Lipinski definition) is 3. The number of aliphatic carboxylic acids is 2. The predicted molar refractivity (Wildman–Crippen MR) is 47.1 cm³/mol. The highest BCUT2D eigenvalue weighted by Crippen LogP contribution is 2.13. The predicted octanol–water partition coefficient (Wildman–Crippen LogP) is 0.0998. The van der Waals surface area contributed by atoms with Crippen molar-refractivity contribution in [3.63, 3.8) is 0 Å². The van der Waals surface area contributed by atoms with Gasteiger partial charge in [-0.05, 0) is 12.1 Å². The highest BCUT2D eigenvalue weighted by molar-refractivity contribution is 5.93. The van der Waals surface area contributed by atoms with Gasteiger partial charge in [0, 0.05) is 6.42 Å². The fourth-order valence-corrected chi connectivity index (χ4v) is 1.10. The second-order valence-electron chi connectivity index (χ2n) is 2.96. The molecule has 0 aliphatic heterocycles. The van der Waals surface area contributed by atoms with Crippen molar-refractivity contribution >= 4 is 11.9 Å². The molecule has 15 heavy (non-hydrogen) atoms. The quantitative estimate of drug-likeness (QED) is 0.600. The Hall–Kier alpha value is -1.82. The van der Waals surface area contributed by atoms with Crippen LogP contribution in [0.4, 0.5) is 0 Å². The van der Waals surface area contributed by atoms with Crippen LogP contribution in [0.25, 0.3) is 0 Å². The van der Waals surface area contributed by atoms with Gasteiger partial charge in [-0.1, -0.05) is 0 Å². The maximum atomic E-state index is 10.5. The van der Waals surface area contributed by atoms with E-state index in [1.54, 1.807) is 0 Å². The molecule has 0 fully saturated rings.